The summed E-state index contributed by atoms with van der Waals surface area (Å²) in [6.07, 6.45) is 2.21. The molecule has 0 spiro atoms. The zero-order valence-corrected chi connectivity index (χ0v) is 18.5. The van der Waals surface area contributed by atoms with Crippen molar-refractivity contribution in [3.05, 3.63) is 54.1 Å². The van der Waals surface area contributed by atoms with Crippen molar-refractivity contribution < 1.29 is 19.1 Å². The smallest absolute Gasteiger partial charge is 0.317 e. The quantitative estimate of drug-likeness (QED) is 0.663. The van der Waals surface area contributed by atoms with Crippen molar-refractivity contribution >= 4 is 17.6 Å². The molecule has 0 aliphatic carbocycles. The van der Waals surface area contributed by atoms with E-state index in [9.17, 15) is 9.59 Å². The third-order valence-electron chi connectivity index (χ3n) is 5.42. The number of anilines is 1. The number of amides is 3. The van der Waals surface area contributed by atoms with Gasteiger partial charge in [-0.05, 0) is 24.1 Å². The Morgan fingerprint density at radius 3 is 2.55 bits per heavy atom. The molecule has 7 nitrogen and oxygen atoms in total. The third-order valence-corrected chi connectivity index (χ3v) is 5.42. The molecule has 1 N–H and O–H groups in total. The number of nitrogens with zero attached hydrogens (tertiary/aromatic N) is 2. The number of nitrogens with one attached hydrogen (secondary N) is 1. The molecule has 166 valence electrons. The molecule has 0 aromatic heterocycles. The molecular weight excluding hydrogens is 394 g/mol. The number of rotatable bonds is 9. The first-order valence-electron chi connectivity index (χ1n) is 10.7. The van der Waals surface area contributed by atoms with Crippen molar-refractivity contribution in [2.24, 2.45) is 0 Å². The lowest BCUT2D eigenvalue weighted by atomic mass is 10.2. The summed E-state index contributed by atoms with van der Waals surface area (Å²) in [5, 5.41) is 3.06. The van der Waals surface area contributed by atoms with Crippen LogP contribution in [0, 0.1) is 0 Å². The molecule has 3 rings (SSSR count). The number of urea groups is 1. The molecule has 1 atom stereocenters. The van der Waals surface area contributed by atoms with Crippen molar-refractivity contribution in [2.75, 3.05) is 32.2 Å². The molecule has 0 bridgehead atoms. The summed E-state index contributed by atoms with van der Waals surface area (Å²) in [4.78, 5) is 29.1. The first-order chi connectivity index (χ1) is 15.0. The van der Waals surface area contributed by atoms with E-state index in [-0.39, 0.29) is 24.4 Å². The summed E-state index contributed by atoms with van der Waals surface area (Å²) < 4.78 is 10.6. The summed E-state index contributed by atoms with van der Waals surface area (Å²) in [5.74, 6) is 1.14. The van der Waals surface area contributed by atoms with Gasteiger partial charge in [-0.15, -0.1) is 0 Å². The Labute approximate surface area is 183 Å². The molecule has 1 saturated heterocycles. The SMILES string of the molecule is CCCCN(Cc1ccccc1)C(=O)N[C@@H]1CC(=O)N(c2ccc(OC)c(OC)c2)C1. The molecule has 1 fully saturated rings. The van der Waals surface area contributed by atoms with Crippen LogP contribution >= 0.6 is 0 Å². The first kappa shape index (κ1) is 22.5. The van der Waals surface area contributed by atoms with E-state index in [1.165, 1.54) is 0 Å². The summed E-state index contributed by atoms with van der Waals surface area (Å²) in [7, 11) is 3.14. The normalized spacial score (nSPS) is 15.6. The molecule has 31 heavy (non-hydrogen) atoms. The van der Waals surface area contributed by atoms with Crippen molar-refractivity contribution in [1.29, 1.82) is 0 Å². The molecular formula is C24H31N3O4. The molecule has 1 aliphatic rings. The zero-order valence-electron chi connectivity index (χ0n) is 18.5. The van der Waals surface area contributed by atoms with E-state index in [4.69, 9.17) is 9.47 Å². The van der Waals surface area contributed by atoms with E-state index in [2.05, 4.69) is 12.2 Å². The first-order valence-corrected chi connectivity index (χ1v) is 10.7. The summed E-state index contributed by atoms with van der Waals surface area (Å²) in [5.41, 5.74) is 1.81. The standard InChI is InChI=1S/C24H31N3O4/c1-4-5-13-26(16-18-9-7-6-8-10-18)24(29)25-19-14-23(28)27(17-19)20-11-12-21(30-2)22(15-20)31-3/h6-12,15,19H,4-5,13-14,16-17H2,1-3H3,(H,25,29)/t19-/m1/s1. The van der Waals surface area contributed by atoms with E-state index < -0.39 is 0 Å². The topological polar surface area (TPSA) is 71.1 Å². The van der Waals surface area contributed by atoms with Gasteiger partial charge in [0, 0.05) is 37.8 Å². The van der Waals surface area contributed by atoms with Gasteiger partial charge in [-0.2, -0.15) is 0 Å². The molecule has 0 saturated carbocycles. The average Bonchev–Trinajstić information content (AvgIpc) is 3.16. The van der Waals surface area contributed by atoms with E-state index in [1.54, 1.807) is 31.3 Å². The van der Waals surface area contributed by atoms with Gasteiger partial charge in [0.25, 0.3) is 0 Å². The average molecular weight is 426 g/mol. The number of ether oxygens (including phenoxy) is 2. The van der Waals surface area contributed by atoms with Crippen LogP contribution in [0.3, 0.4) is 0 Å². The van der Waals surface area contributed by atoms with Crippen molar-refractivity contribution in [3.63, 3.8) is 0 Å². The number of carbonyl (C=O) groups excluding carboxylic acids is 2. The van der Waals surface area contributed by atoms with Gasteiger partial charge in [-0.25, -0.2) is 4.79 Å². The Bertz CT molecular complexity index is 888. The maximum Gasteiger partial charge on any atom is 0.317 e. The molecule has 7 heteroatoms. The minimum atomic E-state index is -0.243. The predicted molar refractivity (Wildman–Crippen MR) is 121 cm³/mol. The van der Waals surface area contributed by atoms with Crippen LogP contribution in [0.5, 0.6) is 11.5 Å². The molecule has 0 radical (unpaired) electrons. The van der Waals surface area contributed by atoms with Gasteiger partial charge in [0.1, 0.15) is 0 Å². The second-order valence-corrected chi connectivity index (χ2v) is 7.65. The van der Waals surface area contributed by atoms with Gasteiger partial charge in [-0.1, -0.05) is 43.7 Å². The van der Waals surface area contributed by atoms with Gasteiger partial charge in [0.2, 0.25) is 5.91 Å². The summed E-state index contributed by atoms with van der Waals surface area (Å²) in [6, 6.07) is 15.0. The fourth-order valence-corrected chi connectivity index (χ4v) is 3.72. The van der Waals surface area contributed by atoms with Crippen LogP contribution in [0.2, 0.25) is 0 Å². The van der Waals surface area contributed by atoms with Crippen LogP contribution in [-0.4, -0.2) is 50.2 Å². The lowest BCUT2D eigenvalue weighted by molar-refractivity contribution is -0.117. The monoisotopic (exact) mass is 425 g/mol. The minimum Gasteiger partial charge on any atom is -0.493 e. The van der Waals surface area contributed by atoms with Crippen LogP contribution in [0.1, 0.15) is 31.7 Å². The highest BCUT2D eigenvalue weighted by Crippen LogP contribution is 2.33. The van der Waals surface area contributed by atoms with Gasteiger partial charge in [0.15, 0.2) is 11.5 Å². The Hall–Kier alpha value is -3.22. The highest BCUT2D eigenvalue weighted by atomic mass is 16.5. The van der Waals surface area contributed by atoms with Crippen LogP contribution < -0.4 is 19.7 Å². The van der Waals surface area contributed by atoms with Crippen LogP contribution in [0.4, 0.5) is 10.5 Å². The number of benzene rings is 2. The number of hydrogen-bond acceptors (Lipinski definition) is 4. The Balaban J connectivity index is 1.66. The second kappa shape index (κ2) is 10.7. The summed E-state index contributed by atoms with van der Waals surface area (Å²) in [6.45, 7) is 3.76. The number of methoxy groups -OCH3 is 2. The van der Waals surface area contributed by atoms with Crippen LogP contribution in [-0.2, 0) is 11.3 Å². The van der Waals surface area contributed by atoms with Gasteiger partial charge >= 0.3 is 6.03 Å². The van der Waals surface area contributed by atoms with Crippen molar-refractivity contribution in [1.82, 2.24) is 10.2 Å². The molecule has 1 aliphatic heterocycles. The van der Waals surface area contributed by atoms with E-state index >= 15 is 0 Å². The highest BCUT2D eigenvalue weighted by molar-refractivity contribution is 5.97. The molecule has 0 unspecified atom stereocenters. The molecule has 2 aromatic carbocycles. The van der Waals surface area contributed by atoms with E-state index in [0.29, 0.717) is 31.1 Å². The highest BCUT2D eigenvalue weighted by Gasteiger charge is 2.33. The molecule has 3 amide bonds. The lowest BCUT2D eigenvalue weighted by Crippen LogP contribution is -2.45. The van der Waals surface area contributed by atoms with E-state index in [0.717, 1.165) is 24.1 Å². The third kappa shape index (κ3) is 5.69. The van der Waals surface area contributed by atoms with Gasteiger partial charge < -0.3 is 24.6 Å². The Kier molecular flexibility index (Phi) is 7.76. The number of unbranched alkanes of at least 4 members (excludes halogenated alkanes) is 1. The predicted octanol–water partition coefficient (Wildman–Crippen LogP) is 3.82. The van der Waals surface area contributed by atoms with Crippen LogP contribution in [0.25, 0.3) is 0 Å². The lowest BCUT2D eigenvalue weighted by Gasteiger charge is -2.25. The van der Waals surface area contributed by atoms with Gasteiger partial charge in [0.05, 0.1) is 20.3 Å². The molecule has 2 aromatic rings. The van der Waals surface area contributed by atoms with Crippen molar-refractivity contribution in [3.8, 4) is 11.5 Å². The fourth-order valence-electron chi connectivity index (χ4n) is 3.72. The minimum absolute atomic E-state index is 0.0271. The van der Waals surface area contributed by atoms with Crippen molar-refractivity contribution in [2.45, 2.75) is 38.8 Å². The summed E-state index contributed by atoms with van der Waals surface area (Å²) >= 11 is 0. The molecule has 1 heterocycles. The number of carbonyl (C=O) groups is 2. The second-order valence-electron chi connectivity index (χ2n) is 7.65. The Morgan fingerprint density at radius 1 is 1.13 bits per heavy atom. The maximum atomic E-state index is 13.0. The van der Waals surface area contributed by atoms with Crippen LogP contribution in [0.15, 0.2) is 48.5 Å². The fraction of sp³-hybridized carbons (Fsp3) is 0.417. The maximum absolute atomic E-state index is 13.0. The zero-order chi connectivity index (χ0) is 22.2. The van der Waals surface area contributed by atoms with E-state index in [1.807, 2.05) is 41.3 Å². The number of hydrogen-bond donors (Lipinski definition) is 1. The Morgan fingerprint density at radius 2 is 1.87 bits per heavy atom. The van der Waals surface area contributed by atoms with Gasteiger partial charge in [-0.3, -0.25) is 4.79 Å². The largest absolute Gasteiger partial charge is 0.493 e.